The SMILES string of the molecule is CC1c2ccccc2-c2n[nH]c(Cc3cc(F)ccc3F)c21. The summed E-state index contributed by atoms with van der Waals surface area (Å²) in [4.78, 5) is 0. The highest BCUT2D eigenvalue weighted by Crippen LogP contribution is 2.45. The van der Waals surface area contributed by atoms with Crippen molar-refractivity contribution in [2.24, 2.45) is 0 Å². The summed E-state index contributed by atoms with van der Waals surface area (Å²) >= 11 is 0. The summed E-state index contributed by atoms with van der Waals surface area (Å²) < 4.78 is 27.2. The minimum absolute atomic E-state index is 0.205. The van der Waals surface area contributed by atoms with Crippen LogP contribution in [0.5, 0.6) is 0 Å². The lowest BCUT2D eigenvalue weighted by Gasteiger charge is -2.09. The highest BCUT2D eigenvalue weighted by molar-refractivity contribution is 5.76. The van der Waals surface area contributed by atoms with Crippen LogP contribution in [0.3, 0.4) is 0 Å². The number of H-pyrrole nitrogens is 1. The molecule has 2 nitrogen and oxygen atoms in total. The lowest BCUT2D eigenvalue weighted by Crippen LogP contribution is -2.00. The van der Waals surface area contributed by atoms with Crippen LogP contribution < -0.4 is 0 Å². The fraction of sp³-hybridized carbons (Fsp3) is 0.167. The molecule has 1 heterocycles. The molecule has 0 radical (unpaired) electrons. The molecular formula is C18H14F2N2. The Kier molecular flexibility index (Phi) is 2.86. The standard InChI is InChI=1S/C18H14F2N2/c1-10-13-4-2-3-5-14(13)18-17(10)16(21-22-18)9-11-8-12(19)6-7-15(11)20/h2-8,10H,9H2,1H3,(H,21,22). The van der Waals surface area contributed by atoms with Gasteiger partial charge in [0, 0.05) is 29.2 Å². The van der Waals surface area contributed by atoms with Crippen LogP contribution in [0.4, 0.5) is 8.78 Å². The molecule has 4 rings (SSSR count). The normalized spacial score (nSPS) is 15.7. The van der Waals surface area contributed by atoms with E-state index >= 15 is 0 Å². The highest BCUT2D eigenvalue weighted by Gasteiger charge is 2.30. The topological polar surface area (TPSA) is 28.7 Å². The molecule has 1 unspecified atom stereocenters. The lowest BCUT2D eigenvalue weighted by molar-refractivity contribution is 0.587. The van der Waals surface area contributed by atoms with Gasteiger partial charge in [-0.2, -0.15) is 5.10 Å². The average molecular weight is 296 g/mol. The number of benzene rings is 2. The van der Waals surface area contributed by atoms with E-state index in [2.05, 4.69) is 23.2 Å². The maximum Gasteiger partial charge on any atom is 0.126 e. The van der Waals surface area contributed by atoms with E-state index in [1.165, 1.54) is 17.7 Å². The highest BCUT2D eigenvalue weighted by atomic mass is 19.1. The molecule has 3 aromatic rings. The zero-order chi connectivity index (χ0) is 15.3. The first kappa shape index (κ1) is 13.2. The number of aromatic nitrogens is 2. The van der Waals surface area contributed by atoms with Gasteiger partial charge in [-0.1, -0.05) is 31.2 Å². The molecule has 0 bridgehead atoms. The van der Waals surface area contributed by atoms with Crippen molar-refractivity contribution in [3.63, 3.8) is 0 Å². The predicted octanol–water partition coefficient (Wildman–Crippen LogP) is 4.41. The van der Waals surface area contributed by atoms with Crippen LogP contribution in [0.2, 0.25) is 0 Å². The van der Waals surface area contributed by atoms with E-state index in [1.54, 1.807) is 0 Å². The van der Waals surface area contributed by atoms with E-state index in [0.717, 1.165) is 28.6 Å². The molecule has 4 heteroatoms. The van der Waals surface area contributed by atoms with Crippen molar-refractivity contribution >= 4 is 0 Å². The number of fused-ring (bicyclic) bond motifs is 3. The summed E-state index contributed by atoms with van der Waals surface area (Å²) in [5.74, 6) is -0.617. The summed E-state index contributed by atoms with van der Waals surface area (Å²) in [6.07, 6.45) is 0.310. The summed E-state index contributed by atoms with van der Waals surface area (Å²) in [7, 11) is 0. The number of nitrogens with zero attached hydrogens (tertiary/aromatic N) is 1. The van der Waals surface area contributed by atoms with Crippen molar-refractivity contribution in [2.75, 3.05) is 0 Å². The van der Waals surface area contributed by atoms with Crippen LogP contribution in [0, 0.1) is 11.6 Å². The zero-order valence-electron chi connectivity index (χ0n) is 12.0. The third-order valence-electron chi connectivity index (χ3n) is 4.37. The molecule has 1 aromatic heterocycles. The second-order valence-electron chi connectivity index (χ2n) is 5.69. The third kappa shape index (κ3) is 1.87. The Bertz CT molecular complexity index is 867. The third-order valence-corrected chi connectivity index (χ3v) is 4.37. The van der Waals surface area contributed by atoms with Crippen LogP contribution >= 0.6 is 0 Å². The van der Waals surface area contributed by atoms with Crippen molar-refractivity contribution in [3.05, 3.63) is 76.5 Å². The minimum Gasteiger partial charge on any atom is -0.281 e. The molecule has 1 atom stereocenters. The molecule has 0 saturated carbocycles. The van der Waals surface area contributed by atoms with Gasteiger partial charge in [-0.05, 0) is 29.3 Å². The number of hydrogen-bond acceptors (Lipinski definition) is 1. The Hall–Kier alpha value is -2.49. The van der Waals surface area contributed by atoms with Gasteiger partial charge in [0.05, 0.1) is 5.69 Å². The van der Waals surface area contributed by atoms with Gasteiger partial charge in [-0.15, -0.1) is 0 Å². The van der Waals surface area contributed by atoms with Crippen molar-refractivity contribution in [1.82, 2.24) is 10.2 Å². The van der Waals surface area contributed by atoms with E-state index < -0.39 is 11.6 Å². The summed E-state index contributed by atoms with van der Waals surface area (Å²) in [5, 5.41) is 7.40. The second kappa shape index (κ2) is 4.77. The fourth-order valence-electron chi connectivity index (χ4n) is 3.31. The minimum atomic E-state index is -0.427. The van der Waals surface area contributed by atoms with E-state index in [9.17, 15) is 8.78 Å². The lowest BCUT2D eigenvalue weighted by atomic mass is 9.96. The molecular weight excluding hydrogens is 282 g/mol. The Morgan fingerprint density at radius 2 is 1.95 bits per heavy atom. The average Bonchev–Trinajstić information content (AvgIpc) is 3.05. The first-order valence-corrected chi connectivity index (χ1v) is 7.25. The summed E-state index contributed by atoms with van der Waals surface area (Å²) in [6.45, 7) is 2.12. The van der Waals surface area contributed by atoms with Crippen molar-refractivity contribution in [3.8, 4) is 11.3 Å². The zero-order valence-corrected chi connectivity index (χ0v) is 12.0. The van der Waals surface area contributed by atoms with E-state index in [1.807, 2.05) is 18.2 Å². The smallest absolute Gasteiger partial charge is 0.126 e. The Balaban J connectivity index is 1.78. The monoisotopic (exact) mass is 296 g/mol. The Morgan fingerprint density at radius 3 is 2.82 bits per heavy atom. The van der Waals surface area contributed by atoms with E-state index in [4.69, 9.17) is 0 Å². The van der Waals surface area contributed by atoms with Gasteiger partial charge >= 0.3 is 0 Å². The van der Waals surface area contributed by atoms with Crippen LogP contribution in [0.1, 0.15) is 35.2 Å². The van der Waals surface area contributed by atoms with Gasteiger partial charge in [0.15, 0.2) is 0 Å². The summed E-state index contributed by atoms with van der Waals surface area (Å²) in [5.41, 5.74) is 5.56. The second-order valence-corrected chi connectivity index (χ2v) is 5.69. The van der Waals surface area contributed by atoms with Gasteiger partial charge in [0.25, 0.3) is 0 Å². The molecule has 1 N–H and O–H groups in total. The number of nitrogens with one attached hydrogen (secondary N) is 1. The molecule has 22 heavy (non-hydrogen) atoms. The van der Waals surface area contributed by atoms with Crippen LogP contribution in [-0.2, 0) is 6.42 Å². The molecule has 1 aliphatic carbocycles. The molecule has 0 amide bonds. The van der Waals surface area contributed by atoms with Crippen LogP contribution in [0.15, 0.2) is 42.5 Å². The van der Waals surface area contributed by atoms with Crippen molar-refractivity contribution in [1.29, 1.82) is 0 Å². The van der Waals surface area contributed by atoms with Crippen molar-refractivity contribution < 1.29 is 8.78 Å². The van der Waals surface area contributed by atoms with Crippen LogP contribution in [-0.4, -0.2) is 10.2 Å². The van der Waals surface area contributed by atoms with Crippen molar-refractivity contribution in [2.45, 2.75) is 19.3 Å². The van der Waals surface area contributed by atoms with Gasteiger partial charge < -0.3 is 0 Å². The first-order valence-electron chi connectivity index (χ1n) is 7.25. The predicted molar refractivity (Wildman–Crippen MR) is 80.7 cm³/mol. The fourth-order valence-corrected chi connectivity index (χ4v) is 3.31. The molecule has 0 aliphatic heterocycles. The van der Waals surface area contributed by atoms with Gasteiger partial charge in [0.2, 0.25) is 0 Å². The van der Waals surface area contributed by atoms with Gasteiger partial charge in [0.1, 0.15) is 11.6 Å². The quantitative estimate of drug-likeness (QED) is 0.745. The first-order chi connectivity index (χ1) is 10.6. The van der Waals surface area contributed by atoms with Crippen LogP contribution in [0.25, 0.3) is 11.3 Å². The van der Waals surface area contributed by atoms with E-state index in [-0.39, 0.29) is 5.92 Å². The molecule has 0 fully saturated rings. The molecule has 2 aromatic carbocycles. The number of aromatic amines is 1. The Labute approximate surface area is 126 Å². The number of hydrogen-bond donors (Lipinski definition) is 1. The molecule has 0 spiro atoms. The number of rotatable bonds is 2. The maximum atomic E-state index is 13.9. The van der Waals surface area contributed by atoms with E-state index in [0.29, 0.717) is 12.0 Å². The number of halogens is 2. The molecule has 110 valence electrons. The summed E-state index contributed by atoms with van der Waals surface area (Å²) in [6, 6.07) is 11.7. The molecule has 0 saturated heterocycles. The van der Waals surface area contributed by atoms with Gasteiger partial charge in [-0.3, -0.25) is 5.10 Å². The largest absolute Gasteiger partial charge is 0.281 e. The maximum absolute atomic E-state index is 13.9. The Morgan fingerprint density at radius 1 is 1.14 bits per heavy atom. The molecule has 1 aliphatic rings. The van der Waals surface area contributed by atoms with Gasteiger partial charge in [-0.25, -0.2) is 8.78 Å².